The van der Waals surface area contributed by atoms with Crippen LogP contribution in [0.25, 0.3) is 11.6 Å². The standard InChI is InChI=1S/C14H16F3N3O3S/c1-9-2-3-11(23-9)12-18-13(20(19-12)8-14(15,16)17)10-4-6-24(21,22)7-5-10/h2-3,10H,4-8H2,1H3. The normalized spacial score (nSPS) is 18.8. The number of sulfone groups is 1. The van der Waals surface area contributed by atoms with Gasteiger partial charge in [-0.2, -0.15) is 13.2 Å². The predicted molar refractivity (Wildman–Crippen MR) is 79.1 cm³/mol. The summed E-state index contributed by atoms with van der Waals surface area (Å²) in [5.74, 6) is 0.660. The van der Waals surface area contributed by atoms with E-state index in [0.717, 1.165) is 4.68 Å². The first-order valence-corrected chi connectivity index (χ1v) is 9.24. The van der Waals surface area contributed by atoms with Crippen LogP contribution >= 0.6 is 0 Å². The van der Waals surface area contributed by atoms with E-state index in [1.54, 1.807) is 19.1 Å². The van der Waals surface area contributed by atoms with E-state index in [0.29, 0.717) is 5.76 Å². The van der Waals surface area contributed by atoms with Crippen LogP contribution in [0.2, 0.25) is 0 Å². The number of halogens is 3. The van der Waals surface area contributed by atoms with Gasteiger partial charge in [-0.25, -0.2) is 18.1 Å². The van der Waals surface area contributed by atoms with Crippen LogP contribution in [0, 0.1) is 6.92 Å². The number of nitrogens with zero attached hydrogens (tertiary/aromatic N) is 3. The Morgan fingerprint density at radius 1 is 1.29 bits per heavy atom. The Kier molecular flexibility index (Phi) is 4.18. The molecule has 1 aliphatic heterocycles. The molecule has 1 saturated heterocycles. The highest BCUT2D eigenvalue weighted by molar-refractivity contribution is 7.91. The minimum absolute atomic E-state index is 0.0499. The molecule has 0 amide bonds. The van der Waals surface area contributed by atoms with Gasteiger partial charge >= 0.3 is 6.18 Å². The lowest BCUT2D eigenvalue weighted by molar-refractivity contribution is -0.143. The molecule has 1 aliphatic rings. The topological polar surface area (TPSA) is 78.0 Å². The Labute approximate surface area is 136 Å². The van der Waals surface area contributed by atoms with Crippen LogP contribution in [0.4, 0.5) is 13.2 Å². The lowest BCUT2D eigenvalue weighted by atomic mass is 10.0. The maximum absolute atomic E-state index is 12.8. The van der Waals surface area contributed by atoms with Crippen molar-refractivity contribution in [2.75, 3.05) is 11.5 Å². The molecule has 0 unspecified atom stereocenters. The van der Waals surface area contributed by atoms with Gasteiger partial charge in [0, 0.05) is 5.92 Å². The largest absolute Gasteiger partial charge is 0.458 e. The zero-order valence-corrected chi connectivity index (χ0v) is 13.7. The second-order valence-electron chi connectivity index (χ2n) is 5.90. The third-order valence-electron chi connectivity index (χ3n) is 3.91. The molecule has 2 aromatic heterocycles. The number of hydrogen-bond donors (Lipinski definition) is 0. The third kappa shape index (κ3) is 3.80. The summed E-state index contributed by atoms with van der Waals surface area (Å²) < 4.78 is 67.7. The van der Waals surface area contributed by atoms with Crippen LogP contribution in [0.15, 0.2) is 16.5 Å². The van der Waals surface area contributed by atoms with Crippen molar-refractivity contribution in [2.24, 2.45) is 0 Å². The fourth-order valence-corrected chi connectivity index (χ4v) is 4.24. The quantitative estimate of drug-likeness (QED) is 0.838. The van der Waals surface area contributed by atoms with Crippen molar-refractivity contribution in [2.45, 2.75) is 38.4 Å². The number of rotatable bonds is 3. The fraction of sp³-hybridized carbons (Fsp3) is 0.571. The summed E-state index contributed by atoms with van der Waals surface area (Å²) in [6, 6.07) is 3.27. The highest BCUT2D eigenvalue weighted by atomic mass is 32.2. The average Bonchev–Trinajstić information content (AvgIpc) is 3.04. The van der Waals surface area contributed by atoms with Crippen molar-refractivity contribution in [3.63, 3.8) is 0 Å². The van der Waals surface area contributed by atoms with Gasteiger partial charge in [-0.3, -0.25) is 0 Å². The molecule has 0 bridgehead atoms. The Balaban J connectivity index is 1.95. The number of hydrogen-bond acceptors (Lipinski definition) is 5. The molecular formula is C14H16F3N3O3S. The predicted octanol–water partition coefficient (Wildman–Crippen LogP) is 2.70. The summed E-state index contributed by atoms with van der Waals surface area (Å²) in [6.45, 7) is 0.446. The average molecular weight is 363 g/mol. The molecule has 0 spiro atoms. The summed E-state index contributed by atoms with van der Waals surface area (Å²) in [5, 5.41) is 3.93. The smallest absolute Gasteiger partial charge is 0.408 e. The zero-order chi connectivity index (χ0) is 17.5. The van der Waals surface area contributed by atoms with Gasteiger partial charge in [0.15, 0.2) is 5.76 Å². The molecule has 1 fully saturated rings. The molecule has 24 heavy (non-hydrogen) atoms. The minimum Gasteiger partial charge on any atom is -0.458 e. The van der Waals surface area contributed by atoms with E-state index < -0.39 is 22.6 Å². The van der Waals surface area contributed by atoms with Crippen molar-refractivity contribution < 1.29 is 26.0 Å². The first-order chi connectivity index (χ1) is 11.1. The van der Waals surface area contributed by atoms with E-state index in [1.165, 1.54) is 0 Å². The van der Waals surface area contributed by atoms with Gasteiger partial charge in [-0.05, 0) is 31.9 Å². The van der Waals surface area contributed by atoms with Gasteiger partial charge in [-0.1, -0.05) is 0 Å². The highest BCUT2D eigenvalue weighted by Crippen LogP contribution is 2.31. The summed E-state index contributed by atoms with van der Waals surface area (Å²) >= 11 is 0. The van der Waals surface area contributed by atoms with Gasteiger partial charge in [0.05, 0.1) is 11.5 Å². The Bertz CT molecular complexity index is 825. The van der Waals surface area contributed by atoms with Crippen molar-refractivity contribution in [3.8, 4) is 11.6 Å². The van der Waals surface area contributed by atoms with E-state index in [2.05, 4.69) is 10.1 Å². The molecule has 0 saturated carbocycles. The number of aryl methyl sites for hydroxylation is 1. The maximum atomic E-state index is 12.8. The van der Waals surface area contributed by atoms with E-state index in [1.807, 2.05) is 0 Å². The lowest BCUT2D eigenvalue weighted by Gasteiger charge is -2.21. The zero-order valence-electron chi connectivity index (χ0n) is 12.9. The summed E-state index contributed by atoms with van der Waals surface area (Å²) in [5.41, 5.74) is 0. The number of alkyl halides is 3. The highest BCUT2D eigenvalue weighted by Gasteiger charge is 2.34. The van der Waals surface area contributed by atoms with Gasteiger partial charge in [0.1, 0.15) is 28.0 Å². The molecular weight excluding hydrogens is 347 g/mol. The number of furan rings is 1. The third-order valence-corrected chi connectivity index (χ3v) is 5.63. The van der Waals surface area contributed by atoms with Crippen LogP contribution in [0.3, 0.4) is 0 Å². The lowest BCUT2D eigenvalue weighted by Crippen LogP contribution is -2.26. The number of aromatic nitrogens is 3. The molecule has 0 aliphatic carbocycles. The minimum atomic E-state index is -4.44. The van der Waals surface area contributed by atoms with Crippen LogP contribution in [0.1, 0.15) is 30.3 Å². The molecule has 132 valence electrons. The van der Waals surface area contributed by atoms with Crippen LogP contribution in [0.5, 0.6) is 0 Å². The molecule has 3 rings (SSSR count). The molecule has 0 N–H and O–H groups in total. The van der Waals surface area contributed by atoms with Gasteiger partial charge in [0.25, 0.3) is 0 Å². The van der Waals surface area contributed by atoms with Gasteiger partial charge in [0.2, 0.25) is 5.82 Å². The molecule has 0 radical (unpaired) electrons. The maximum Gasteiger partial charge on any atom is 0.408 e. The molecule has 0 atom stereocenters. The summed E-state index contributed by atoms with van der Waals surface area (Å²) in [6.07, 6.45) is -3.95. The molecule has 3 heterocycles. The Hall–Kier alpha value is -1.84. The van der Waals surface area contributed by atoms with E-state index >= 15 is 0 Å². The molecule has 2 aromatic rings. The SMILES string of the molecule is Cc1ccc(-c2nc(C3CCS(=O)(=O)CC3)n(CC(F)(F)F)n2)o1. The Morgan fingerprint density at radius 2 is 1.96 bits per heavy atom. The van der Waals surface area contributed by atoms with Gasteiger partial charge in [-0.15, -0.1) is 5.10 Å². The van der Waals surface area contributed by atoms with Crippen LogP contribution in [-0.4, -0.2) is 40.9 Å². The fourth-order valence-electron chi connectivity index (χ4n) is 2.75. The van der Waals surface area contributed by atoms with Crippen molar-refractivity contribution in [1.29, 1.82) is 0 Å². The first-order valence-electron chi connectivity index (χ1n) is 7.42. The van der Waals surface area contributed by atoms with Crippen molar-refractivity contribution in [3.05, 3.63) is 23.7 Å². The Morgan fingerprint density at radius 3 is 2.50 bits per heavy atom. The second kappa shape index (κ2) is 5.91. The van der Waals surface area contributed by atoms with Crippen molar-refractivity contribution >= 4 is 9.84 Å². The van der Waals surface area contributed by atoms with Crippen LogP contribution < -0.4 is 0 Å². The second-order valence-corrected chi connectivity index (χ2v) is 8.21. The summed E-state index contributed by atoms with van der Waals surface area (Å²) in [4.78, 5) is 4.21. The first kappa shape index (κ1) is 17.0. The summed E-state index contributed by atoms with van der Waals surface area (Å²) in [7, 11) is -3.11. The van der Waals surface area contributed by atoms with Crippen LogP contribution in [-0.2, 0) is 16.4 Å². The van der Waals surface area contributed by atoms with E-state index in [4.69, 9.17) is 4.42 Å². The van der Waals surface area contributed by atoms with Crippen molar-refractivity contribution in [1.82, 2.24) is 14.8 Å². The van der Waals surface area contributed by atoms with E-state index in [-0.39, 0.29) is 47.7 Å². The van der Waals surface area contributed by atoms with E-state index in [9.17, 15) is 21.6 Å². The molecule has 6 nitrogen and oxygen atoms in total. The molecule has 10 heteroatoms. The monoisotopic (exact) mass is 363 g/mol. The molecule has 0 aromatic carbocycles. The van der Waals surface area contributed by atoms with Gasteiger partial charge < -0.3 is 4.42 Å².